The van der Waals surface area contributed by atoms with Crippen LogP contribution in [0.25, 0.3) is 11.0 Å². The van der Waals surface area contributed by atoms with Crippen LogP contribution in [0.4, 0.5) is 19.1 Å². The third-order valence-electron chi connectivity index (χ3n) is 9.28. The summed E-state index contributed by atoms with van der Waals surface area (Å²) in [6.45, 7) is -0.408. The van der Waals surface area contributed by atoms with E-state index < -0.39 is 41.7 Å². The lowest BCUT2D eigenvalue weighted by atomic mass is 9.80. The summed E-state index contributed by atoms with van der Waals surface area (Å²) in [6, 6.07) is 24.6. The van der Waals surface area contributed by atoms with Gasteiger partial charge in [0.15, 0.2) is 11.9 Å². The number of carbonyl (C=O) groups excluding carboxylic acids is 1. The number of rotatable bonds is 15. The minimum atomic E-state index is -5.02. The van der Waals surface area contributed by atoms with Gasteiger partial charge in [-0.15, -0.1) is 0 Å². The Morgan fingerprint density at radius 3 is 2.20 bits per heavy atom. The van der Waals surface area contributed by atoms with E-state index in [4.69, 9.17) is 18.9 Å². The fraction of sp³-hybridized carbons (Fsp3) is 0.359. The quantitative estimate of drug-likeness (QED) is 0.0591. The van der Waals surface area contributed by atoms with Crippen molar-refractivity contribution in [3.05, 3.63) is 112 Å². The topological polar surface area (TPSA) is 165 Å². The lowest BCUT2D eigenvalue weighted by molar-refractivity contribution is -0.173. The van der Waals surface area contributed by atoms with Crippen LogP contribution in [0.3, 0.4) is 0 Å². The van der Waals surface area contributed by atoms with Crippen LogP contribution in [-0.2, 0) is 26.3 Å². The van der Waals surface area contributed by atoms with Crippen molar-refractivity contribution in [3.8, 4) is 11.5 Å². The number of aliphatic imine (C=N–C) groups is 1. The van der Waals surface area contributed by atoms with Gasteiger partial charge < -0.3 is 34.3 Å². The molecule has 3 N–H and O–H groups in total. The molecule has 1 aliphatic rings. The van der Waals surface area contributed by atoms with E-state index in [9.17, 15) is 27.9 Å². The van der Waals surface area contributed by atoms with Gasteiger partial charge in [0.25, 0.3) is 5.56 Å². The molecule has 14 nitrogen and oxygen atoms in total. The third-order valence-corrected chi connectivity index (χ3v) is 9.28. The van der Waals surface area contributed by atoms with E-state index in [0.717, 1.165) is 16.7 Å². The number of benzene rings is 3. The maximum atomic E-state index is 13.4. The summed E-state index contributed by atoms with van der Waals surface area (Å²) in [7, 11) is 6.65. The van der Waals surface area contributed by atoms with E-state index in [1.165, 1.54) is 11.0 Å². The summed E-state index contributed by atoms with van der Waals surface area (Å²) in [5.41, 5.74) is 0.918. The summed E-state index contributed by atoms with van der Waals surface area (Å²) in [4.78, 5) is 37.8. The second-order valence-corrected chi connectivity index (χ2v) is 13.3. The molecule has 3 aromatic carbocycles. The molecular formula is C39H42F3N7O7. The van der Waals surface area contributed by atoms with Gasteiger partial charge in [-0.05, 0) is 53.8 Å². The van der Waals surface area contributed by atoms with Crippen molar-refractivity contribution < 1.29 is 42.0 Å². The van der Waals surface area contributed by atoms with Crippen LogP contribution >= 0.6 is 0 Å². The Bertz CT molecular complexity index is 2140. The van der Waals surface area contributed by atoms with Crippen molar-refractivity contribution >= 4 is 29.2 Å². The number of nitrogens with zero attached hydrogens (tertiary/aromatic N) is 5. The van der Waals surface area contributed by atoms with E-state index >= 15 is 0 Å². The summed E-state index contributed by atoms with van der Waals surface area (Å²) < 4.78 is 63.9. The molecule has 5 aromatic rings. The molecule has 0 unspecified atom stereocenters. The molecule has 0 spiro atoms. The highest BCUT2D eigenvalue weighted by molar-refractivity contribution is 5.81. The number of H-pyrrole nitrogens is 1. The molecule has 2 aromatic heterocycles. The first-order valence-electron chi connectivity index (χ1n) is 17.7. The van der Waals surface area contributed by atoms with Gasteiger partial charge in [-0.3, -0.25) is 14.6 Å². The number of aromatic amines is 1. The van der Waals surface area contributed by atoms with Gasteiger partial charge in [0, 0.05) is 27.1 Å². The molecular weight excluding hydrogens is 735 g/mol. The highest BCUT2D eigenvalue weighted by atomic mass is 19.4. The molecule has 3 atom stereocenters. The average molecular weight is 778 g/mol. The largest absolute Gasteiger partial charge is 0.497 e. The Balaban J connectivity index is 1.33. The number of ether oxygens (including phenoxy) is 4. The highest BCUT2D eigenvalue weighted by Gasteiger charge is 2.43. The Kier molecular flexibility index (Phi) is 12.1. The number of carbonyl (C=O) groups is 1. The van der Waals surface area contributed by atoms with Gasteiger partial charge in [0.1, 0.15) is 28.6 Å². The maximum absolute atomic E-state index is 13.4. The third kappa shape index (κ3) is 8.54. The molecule has 6 rings (SSSR count). The Hall–Kier alpha value is -5.78. The molecule has 0 bridgehead atoms. The number of nitrogens with one attached hydrogen (secondary N) is 2. The summed E-state index contributed by atoms with van der Waals surface area (Å²) in [5, 5.41) is 18.0. The van der Waals surface area contributed by atoms with Crippen molar-refractivity contribution in [3.63, 3.8) is 0 Å². The number of methoxy groups -OCH3 is 2. The van der Waals surface area contributed by atoms with Gasteiger partial charge in [-0.1, -0.05) is 54.6 Å². The second-order valence-electron chi connectivity index (χ2n) is 13.3. The lowest BCUT2D eigenvalue weighted by Gasteiger charge is -2.37. The van der Waals surface area contributed by atoms with Crippen LogP contribution in [0.15, 0.2) is 88.6 Å². The number of fused-ring (bicyclic) bond motifs is 1. The van der Waals surface area contributed by atoms with E-state index in [1.807, 2.05) is 84.2 Å². The molecule has 0 radical (unpaired) electrons. The fourth-order valence-electron chi connectivity index (χ4n) is 6.56. The van der Waals surface area contributed by atoms with Gasteiger partial charge in [-0.25, -0.2) is 9.67 Å². The second kappa shape index (κ2) is 16.9. The number of aliphatic hydroxyl groups is 1. The molecule has 0 saturated carbocycles. The van der Waals surface area contributed by atoms with Gasteiger partial charge in [0.2, 0.25) is 5.95 Å². The number of aliphatic hydroxyl groups excluding tert-OH is 1. The summed E-state index contributed by atoms with van der Waals surface area (Å²) >= 11 is 0. The first-order chi connectivity index (χ1) is 26.8. The molecule has 1 fully saturated rings. The molecule has 3 heterocycles. The monoisotopic (exact) mass is 777 g/mol. The number of alkyl halides is 3. The Labute approximate surface area is 319 Å². The van der Waals surface area contributed by atoms with Crippen LogP contribution in [0.2, 0.25) is 0 Å². The fourth-order valence-corrected chi connectivity index (χ4v) is 6.56. The smallest absolute Gasteiger partial charge is 0.471 e. The van der Waals surface area contributed by atoms with E-state index in [1.54, 1.807) is 33.2 Å². The van der Waals surface area contributed by atoms with Crippen LogP contribution in [-0.4, -0.2) is 102 Å². The SMILES string of the molecule is COc1ccc(C(OC[C@H]2O[C@@H](n3nc(CCCNC(=O)C(F)(F)F)c4c(=O)[nH]c(/N=C/N(C)C)nc43)C[C@H]2O)(c2ccccc2)c2ccc(OC)cc2)cc1. The van der Waals surface area contributed by atoms with Crippen LogP contribution in [0.1, 0.15) is 41.5 Å². The molecule has 0 aliphatic carbocycles. The van der Waals surface area contributed by atoms with Crippen LogP contribution in [0.5, 0.6) is 11.5 Å². The zero-order chi connectivity index (χ0) is 40.0. The molecule has 1 saturated heterocycles. The number of aryl methyl sites for hydroxylation is 1. The first-order valence-corrected chi connectivity index (χ1v) is 17.7. The summed E-state index contributed by atoms with van der Waals surface area (Å²) in [5.74, 6) is -0.774. The number of amides is 1. The lowest BCUT2D eigenvalue weighted by Crippen LogP contribution is -2.38. The summed E-state index contributed by atoms with van der Waals surface area (Å²) in [6.07, 6.45) is -6.32. The maximum Gasteiger partial charge on any atom is 0.471 e. The standard InChI is InChI=1S/C39H42F3N7O7/c1-48(2)23-44-37-45-34-33(35(51)46-37)29(11-8-20-43-36(52)39(40,41)42)47-49(34)32-21-30(50)31(56-32)22-55-38(24-9-6-5-7-10-24,25-12-16-27(53-3)17-13-25)26-14-18-28(54-4)19-15-26/h5-7,9-10,12-19,23,30-32,50H,8,11,20-22H2,1-4H3,(H,43,52)(H,45,46,51)/b44-23+/t30-,31-,32-/m1/s1. The first kappa shape index (κ1) is 39.9. The van der Waals surface area contributed by atoms with Crippen molar-refractivity contribution in [2.45, 2.75) is 49.5 Å². The minimum Gasteiger partial charge on any atom is -0.497 e. The zero-order valence-electron chi connectivity index (χ0n) is 31.1. The molecule has 56 heavy (non-hydrogen) atoms. The van der Waals surface area contributed by atoms with Gasteiger partial charge in [0.05, 0.1) is 39.0 Å². The normalized spacial score (nSPS) is 17.4. The van der Waals surface area contributed by atoms with E-state index in [2.05, 4.69) is 20.1 Å². The van der Waals surface area contributed by atoms with Crippen LogP contribution in [0, 0.1) is 0 Å². The van der Waals surface area contributed by atoms with Crippen molar-refractivity contribution in [1.29, 1.82) is 0 Å². The van der Waals surface area contributed by atoms with Gasteiger partial charge >= 0.3 is 12.1 Å². The minimum absolute atomic E-state index is 0.0219. The van der Waals surface area contributed by atoms with Crippen molar-refractivity contribution in [2.75, 3.05) is 41.5 Å². The van der Waals surface area contributed by atoms with E-state index in [0.29, 0.717) is 11.5 Å². The van der Waals surface area contributed by atoms with Crippen molar-refractivity contribution in [1.82, 2.24) is 30.0 Å². The molecule has 296 valence electrons. The number of hydrogen-bond donors (Lipinski definition) is 3. The molecule has 1 amide bonds. The predicted molar refractivity (Wildman–Crippen MR) is 200 cm³/mol. The van der Waals surface area contributed by atoms with Crippen LogP contribution < -0.4 is 20.3 Å². The molecule has 17 heteroatoms. The number of hydrogen-bond acceptors (Lipinski definition) is 10. The zero-order valence-corrected chi connectivity index (χ0v) is 31.1. The van der Waals surface area contributed by atoms with E-state index in [-0.39, 0.29) is 55.1 Å². The Morgan fingerprint density at radius 2 is 1.62 bits per heavy atom. The van der Waals surface area contributed by atoms with Gasteiger partial charge in [-0.2, -0.15) is 23.3 Å². The highest BCUT2D eigenvalue weighted by Crippen LogP contribution is 2.43. The Morgan fingerprint density at radius 1 is 1.02 bits per heavy atom. The average Bonchev–Trinajstić information content (AvgIpc) is 3.76. The number of halogens is 3. The van der Waals surface area contributed by atoms with Crippen molar-refractivity contribution in [2.24, 2.45) is 4.99 Å². The molecule has 1 aliphatic heterocycles. The number of aromatic nitrogens is 4. The predicted octanol–water partition coefficient (Wildman–Crippen LogP) is 4.63.